The fourth-order valence-electron chi connectivity index (χ4n) is 4.61. The van der Waals surface area contributed by atoms with Crippen LogP contribution in [0.25, 0.3) is 17.0 Å². The Hall–Kier alpha value is -3.25. The van der Waals surface area contributed by atoms with Crippen molar-refractivity contribution in [2.45, 2.75) is 18.9 Å². The van der Waals surface area contributed by atoms with E-state index >= 15 is 8.78 Å². The molecule has 0 saturated carbocycles. The summed E-state index contributed by atoms with van der Waals surface area (Å²) in [6, 6.07) is 9.82. The van der Waals surface area contributed by atoms with Gasteiger partial charge in [-0.05, 0) is 48.2 Å². The number of fused-ring (bicyclic) bond motifs is 3. The van der Waals surface area contributed by atoms with E-state index in [4.69, 9.17) is 5.11 Å². The molecule has 2 aromatic carbocycles. The van der Waals surface area contributed by atoms with Crippen LogP contribution in [0, 0.1) is 11.6 Å². The molecule has 0 bridgehead atoms. The van der Waals surface area contributed by atoms with E-state index in [0.29, 0.717) is 19.5 Å². The molecule has 0 saturated heterocycles. The van der Waals surface area contributed by atoms with Crippen LogP contribution in [0.2, 0.25) is 0 Å². The lowest BCUT2D eigenvalue weighted by atomic mass is 9.90. The summed E-state index contributed by atoms with van der Waals surface area (Å²) in [5.74, 6) is -2.54. The molecule has 1 aliphatic heterocycles. The second-order valence-electron chi connectivity index (χ2n) is 7.78. The van der Waals surface area contributed by atoms with Crippen molar-refractivity contribution in [1.82, 2.24) is 9.47 Å². The highest BCUT2D eigenvalue weighted by Gasteiger charge is 2.36. The Balaban J connectivity index is 1.90. The molecule has 0 fully saturated rings. The minimum Gasteiger partial charge on any atom is -0.478 e. The quantitative estimate of drug-likeness (QED) is 0.445. The van der Waals surface area contributed by atoms with Gasteiger partial charge in [0.2, 0.25) is 0 Å². The van der Waals surface area contributed by atoms with E-state index in [2.05, 4.69) is 17.5 Å². The van der Waals surface area contributed by atoms with E-state index in [0.717, 1.165) is 34.7 Å². The maximum absolute atomic E-state index is 15.3. The molecule has 1 N–H and O–H groups in total. The Morgan fingerprint density at radius 1 is 1.26 bits per heavy atom. The van der Waals surface area contributed by atoms with Crippen LogP contribution in [0.5, 0.6) is 0 Å². The van der Waals surface area contributed by atoms with Crippen LogP contribution < -0.4 is 0 Å². The molecule has 31 heavy (non-hydrogen) atoms. The van der Waals surface area contributed by atoms with Crippen molar-refractivity contribution in [3.8, 4) is 0 Å². The molecule has 1 aliphatic rings. The molecule has 0 radical (unpaired) electrons. The van der Waals surface area contributed by atoms with E-state index in [1.807, 2.05) is 29.8 Å². The predicted molar refractivity (Wildman–Crippen MR) is 118 cm³/mol. The number of aliphatic carboxylic acids is 1. The highest BCUT2D eigenvalue weighted by Crippen LogP contribution is 2.42. The summed E-state index contributed by atoms with van der Waals surface area (Å²) in [4.78, 5) is 12.9. The number of carboxylic acid groups (broad SMARTS) is 1. The maximum atomic E-state index is 15.3. The zero-order valence-electron chi connectivity index (χ0n) is 17.3. The first-order valence-electron chi connectivity index (χ1n) is 10.2. The summed E-state index contributed by atoms with van der Waals surface area (Å²) in [6.07, 6.45) is 5.37. The van der Waals surface area contributed by atoms with Crippen molar-refractivity contribution in [2.75, 3.05) is 13.1 Å². The van der Waals surface area contributed by atoms with Crippen molar-refractivity contribution in [3.05, 3.63) is 89.1 Å². The Morgan fingerprint density at radius 2 is 1.97 bits per heavy atom. The van der Waals surface area contributed by atoms with Crippen molar-refractivity contribution >= 4 is 22.9 Å². The molecule has 3 aromatic rings. The average Bonchev–Trinajstić information content (AvgIpc) is 3.03. The van der Waals surface area contributed by atoms with Crippen molar-refractivity contribution < 1.29 is 18.7 Å². The monoisotopic (exact) mass is 422 g/mol. The van der Waals surface area contributed by atoms with Crippen LogP contribution in [0.15, 0.2) is 55.1 Å². The summed E-state index contributed by atoms with van der Waals surface area (Å²) in [7, 11) is 1.94. The van der Waals surface area contributed by atoms with E-state index < -0.39 is 23.6 Å². The van der Waals surface area contributed by atoms with Crippen LogP contribution in [0.3, 0.4) is 0 Å². The van der Waals surface area contributed by atoms with Gasteiger partial charge in [-0.15, -0.1) is 6.58 Å². The molecule has 0 spiro atoms. The third kappa shape index (κ3) is 3.79. The topological polar surface area (TPSA) is 45.5 Å². The van der Waals surface area contributed by atoms with Crippen LogP contribution in [0.1, 0.15) is 34.8 Å². The van der Waals surface area contributed by atoms with E-state index in [1.54, 1.807) is 6.08 Å². The van der Waals surface area contributed by atoms with Gasteiger partial charge >= 0.3 is 5.97 Å². The van der Waals surface area contributed by atoms with Crippen molar-refractivity contribution in [1.29, 1.82) is 0 Å². The van der Waals surface area contributed by atoms with E-state index in [9.17, 15) is 4.79 Å². The second-order valence-corrected chi connectivity index (χ2v) is 7.78. The molecule has 1 atom stereocenters. The average molecular weight is 422 g/mol. The predicted octanol–water partition coefficient (Wildman–Crippen LogP) is 5.08. The number of nitrogens with zero attached hydrogens (tertiary/aromatic N) is 2. The molecule has 160 valence electrons. The summed E-state index contributed by atoms with van der Waals surface area (Å²) < 4.78 is 32.7. The molecular weight excluding hydrogens is 398 g/mol. The number of halogens is 2. The SMILES string of the molecule is C=CCCN1CCc2c(n(C)c3ccccc23)[C@H]1c1c(F)cc(/C=C/C(=O)O)cc1F. The number of carboxylic acids is 1. The highest BCUT2D eigenvalue weighted by molar-refractivity contribution is 5.86. The van der Waals surface area contributed by atoms with Gasteiger partial charge in [-0.1, -0.05) is 24.3 Å². The first-order valence-corrected chi connectivity index (χ1v) is 10.2. The fourth-order valence-corrected chi connectivity index (χ4v) is 4.61. The lowest BCUT2D eigenvalue weighted by molar-refractivity contribution is -0.131. The molecule has 4 nitrogen and oxygen atoms in total. The van der Waals surface area contributed by atoms with Crippen molar-refractivity contribution in [3.63, 3.8) is 0 Å². The molecule has 0 amide bonds. The second kappa shape index (κ2) is 8.47. The van der Waals surface area contributed by atoms with E-state index in [-0.39, 0.29) is 11.1 Å². The smallest absolute Gasteiger partial charge is 0.328 e. The number of carbonyl (C=O) groups is 1. The number of hydrogen-bond donors (Lipinski definition) is 1. The molecule has 0 aliphatic carbocycles. The highest BCUT2D eigenvalue weighted by atomic mass is 19.1. The Morgan fingerprint density at radius 3 is 2.65 bits per heavy atom. The van der Waals surface area contributed by atoms with Gasteiger partial charge < -0.3 is 9.67 Å². The van der Waals surface area contributed by atoms with Gasteiger partial charge in [0.25, 0.3) is 0 Å². The normalized spacial score (nSPS) is 16.7. The first kappa shape index (κ1) is 21.0. The van der Waals surface area contributed by atoms with Gasteiger partial charge in [-0.2, -0.15) is 0 Å². The minimum absolute atomic E-state index is 0.0107. The summed E-state index contributed by atoms with van der Waals surface area (Å²) >= 11 is 0. The number of hydrogen-bond acceptors (Lipinski definition) is 2. The minimum atomic E-state index is -1.17. The first-order chi connectivity index (χ1) is 14.9. The van der Waals surface area contributed by atoms with Crippen molar-refractivity contribution in [2.24, 2.45) is 7.05 Å². The Kier molecular flexibility index (Phi) is 5.74. The Labute approximate surface area is 179 Å². The van der Waals surface area contributed by atoms with Gasteiger partial charge in [0.1, 0.15) is 11.6 Å². The van der Waals surface area contributed by atoms with Gasteiger partial charge in [-0.25, -0.2) is 13.6 Å². The zero-order valence-corrected chi connectivity index (χ0v) is 17.3. The number of rotatable bonds is 6. The van der Waals surface area contributed by atoms with Crippen LogP contribution in [-0.4, -0.2) is 33.6 Å². The van der Waals surface area contributed by atoms with E-state index in [1.165, 1.54) is 18.2 Å². The van der Waals surface area contributed by atoms with Gasteiger partial charge in [-0.3, -0.25) is 4.90 Å². The van der Waals surface area contributed by atoms with Crippen LogP contribution in [0.4, 0.5) is 8.78 Å². The third-order valence-electron chi connectivity index (χ3n) is 5.95. The standard InChI is InChI=1S/C25H24F2N2O2/c1-3-4-12-29-13-11-18-17-7-5-6-8-21(17)28(2)24(18)25(29)23-19(26)14-16(15-20(23)27)9-10-22(30)31/h3,5-10,14-15,25H,1,4,11-13H2,2H3,(H,30,31)/b10-9+/t25-/m1/s1. The zero-order chi connectivity index (χ0) is 22.1. The number of aryl methyl sites for hydroxylation is 1. The molecule has 6 heteroatoms. The van der Waals surface area contributed by atoms with Crippen LogP contribution in [-0.2, 0) is 18.3 Å². The van der Waals surface area contributed by atoms with Gasteiger partial charge in [0, 0.05) is 48.4 Å². The summed E-state index contributed by atoms with van der Waals surface area (Å²) in [5.41, 5.74) is 3.20. The molecule has 2 heterocycles. The maximum Gasteiger partial charge on any atom is 0.328 e. The number of aromatic nitrogens is 1. The lowest BCUT2D eigenvalue weighted by Crippen LogP contribution is -2.38. The fraction of sp³-hybridized carbons (Fsp3) is 0.240. The van der Waals surface area contributed by atoms with Crippen LogP contribution >= 0.6 is 0 Å². The number of benzene rings is 2. The molecule has 0 unspecified atom stereocenters. The Bertz CT molecular complexity index is 1170. The number of para-hydroxylation sites is 1. The lowest BCUT2D eigenvalue weighted by Gasteiger charge is -2.37. The summed E-state index contributed by atoms with van der Waals surface area (Å²) in [5, 5.41) is 9.91. The largest absolute Gasteiger partial charge is 0.478 e. The van der Waals surface area contributed by atoms with Gasteiger partial charge in [0.15, 0.2) is 0 Å². The molecule has 4 rings (SSSR count). The third-order valence-corrected chi connectivity index (χ3v) is 5.95. The van der Waals surface area contributed by atoms with Gasteiger partial charge in [0.05, 0.1) is 6.04 Å². The molecular formula is C25H24F2N2O2. The summed E-state index contributed by atoms with van der Waals surface area (Å²) in [6.45, 7) is 5.10. The molecule has 1 aromatic heterocycles.